The van der Waals surface area contributed by atoms with E-state index in [4.69, 9.17) is 0 Å². The maximum atomic E-state index is 3.49. The van der Waals surface area contributed by atoms with Crippen LogP contribution in [0.15, 0.2) is 28.7 Å². The second-order valence-electron chi connectivity index (χ2n) is 3.52. The second kappa shape index (κ2) is 4.91. The highest BCUT2D eigenvalue weighted by atomic mass is 79.9. The highest BCUT2D eigenvalue weighted by Crippen LogP contribution is 2.13. The molecule has 2 nitrogen and oxygen atoms in total. The Kier molecular flexibility index (Phi) is 3.56. The number of hydrogen-bond acceptors (Lipinski definition) is 2. The molecule has 1 fully saturated rings. The van der Waals surface area contributed by atoms with Crippen molar-refractivity contribution in [2.24, 2.45) is 0 Å². The monoisotopic (exact) mass is 253 g/mol. The fourth-order valence-corrected chi connectivity index (χ4v) is 2.09. The minimum Gasteiger partial charge on any atom is -0.310 e. The first-order valence-electron chi connectivity index (χ1n) is 4.86. The molecule has 1 aliphatic rings. The van der Waals surface area contributed by atoms with Crippen molar-refractivity contribution in [1.82, 2.24) is 10.2 Å². The molecule has 1 saturated heterocycles. The molecule has 1 aromatic rings. The van der Waals surface area contributed by atoms with Gasteiger partial charge in [0.05, 0.1) is 0 Å². The summed E-state index contributed by atoms with van der Waals surface area (Å²) in [6.07, 6.45) is 0. The Morgan fingerprint density at radius 2 is 2.36 bits per heavy atom. The third-order valence-corrected chi connectivity index (χ3v) is 2.85. The molecule has 1 aromatic carbocycles. The Morgan fingerprint density at radius 1 is 1.43 bits per heavy atom. The summed E-state index contributed by atoms with van der Waals surface area (Å²) < 4.78 is 1.16. The minimum absolute atomic E-state index is 1.03. The van der Waals surface area contributed by atoms with E-state index in [-0.39, 0.29) is 0 Å². The molecule has 0 bridgehead atoms. The number of nitrogens with zero attached hydrogens (tertiary/aromatic N) is 1. The molecule has 0 saturated carbocycles. The molecule has 0 unspecified atom stereocenters. The quantitative estimate of drug-likeness (QED) is 0.868. The van der Waals surface area contributed by atoms with E-state index in [2.05, 4.69) is 57.0 Å². The normalized spacial score (nSPS) is 18.4. The van der Waals surface area contributed by atoms with Crippen molar-refractivity contribution in [3.63, 3.8) is 0 Å². The lowest BCUT2D eigenvalue weighted by Crippen LogP contribution is -2.39. The van der Waals surface area contributed by atoms with Gasteiger partial charge in [0.2, 0.25) is 0 Å². The summed E-state index contributed by atoms with van der Waals surface area (Å²) in [5, 5.41) is 3.24. The molecule has 1 radical (unpaired) electrons. The zero-order valence-electron chi connectivity index (χ0n) is 8.04. The van der Waals surface area contributed by atoms with Gasteiger partial charge in [0.25, 0.3) is 0 Å². The second-order valence-corrected chi connectivity index (χ2v) is 4.44. The predicted octanol–water partition coefficient (Wildman–Crippen LogP) is 2.02. The van der Waals surface area contributed by atoms with Gasteiger partial charge in [-0.15, -0.1) is 0 Å². The Balaban J connectivity index is 1.95. The van der Waals surface area contributed by atoms with E-state index >= 15 is 0 Å². The standard InChI is InChI=1S/C11H14BrN2/c12-11-3-1-2-10(8-11)9-14-6-4-13-5-7-14/h1-4,8,13H,5-7,9H2. The van der Waals surface area contributed by atoms with E-state index in [1.807, 2.05) is 0 Å². The van der Waals surface area contributed by atoms with Gasteiger partial charge in [-0.25, -0.2) is 0 Å². The lowest BCUT2D eigenvalue weighted by atomic mass is 10.2. The van der Waals surface area contributed by atoms with E-state index < -0.39 is 0 Å². The topological polar surface area (TPSA) is 15.3 Å². The van der Waals surface area contributed by atoms with Gasteiger partial charge in [-0.1, -0.05) is 28.1 Å². The van der Waals surface area contributed by atoms with Crippen LogP contribution in [0.4, 0.5) is 0 Å². The van der Waals surface area contributed by atoms with Crippen LogP contribution in [0.1, 0.15) is 5.56 Å². The summed E-state index contributed by atoms with van der Waals surface area (Å²) in [6.45, 7) is 6.39. The van der Waals surface area contributed by atoms with E-state index in [9.17, 15) is 0 Å². The molecule has 0 atom stereocenters. The fourth-order valence-electron chi connectivity index (χ4n) is 1.65. The van der Waals surface area contributed by atoms with Crippen molar-refractivity contribution >= 4 is 15.9 Å². The first-order chi connectivity index (χ1) is 6.84. The Morgan fingerprint density at radius 3 is 3.07 bits per heavy atom. The molecule has 14 heavy (non-hydrogen) atoms. The van der Waals surface area contributed by atoms with Crippen LogP contribution < -0.4 is 5.32 Å². The van der Waals surface area contributed by atoms with Crippen LogP contribution in [0.25, 0.3) is 0 Å². The Labute approximate surface area is 93.4 Å². The zero-order chi connectivity index (χ0) is 9.80. The van der Waals surface area contributed by atoms with E-state index in [1.165, 1.54) is 5.56 Å². The van der Waals surface area contributed by atoms with Crippen LogP contribution in [0.3, 0.4) is 0 Å². The molecule has 0 spiro atoms. The first-order valence-corrected chi connectivity index (χ1v) is 5.66. The average molecular weight is 254 g/mol. The largest absolute Gasteiger partial charge is 0.310 e. The lowest BCUT2D eigenvalue weighted by Gasteiger charge is -2.26. The maximum Gasteiger partial charge on any atom is 0.0362 e. The SMILES string of the molecule is Brc1cccc(CN2C[CH]NCC2)c1. The van der Waals surface area contributed by atoms with Crippen LogP contribution >= 0.6 is 15.9 Å². The third-order valence-electron chi connectivity index (χ3n) is 2.36. The predicted molar refractivity (Wildman–Crippen MR) is 61.7 cm³/mol. The van der Waals surface area contributed by atoms with Gasteiger partial charge in [0.1, 0.15) is 0 Å². The van der Waals surface area contributed by atoms with Crippen LogP contribution in [-0.4, -0.2) is 24.5 Å². The molecule has 3 heteroatoms. The first kappa shape index (κ1) is 10.1. The third kappa shape index (κ3) is 2.80. The molecule has 0 aromatic heterocycles. The van der Waals surface area contributed by atoms with Crippen molar-refractivity contribution in [1.29, 1.82) is 0 Å². The fraction of sp³-hybridized carbons (Fsp3) is 0.364. The highest BCUT2D eigenvalue weighted by molar-refractivity contribution is 9.10. The van der Waals surface area contributed by atoms with Gasteiger partial charge >= 0.3 is 0 Å². The molecule has 1 heterocycles. The molecule has 0 aliphatic carbocycles. The molecule has 2 rings (SSSR count). The van der Waals surface area contributed by atoms with Gasteiger partial charge in [-0.3, -0.25) is 4.90 Å². The summed E-state index contributed by atoms with van der Waals surface area (Å²) in [5.74, 6) is 0. The van der Waals surface area contributed by atoms with Gasteiger partial charge in [-0.05, 0) is 17.7 Å². The Hall–Kier alpha value is -0.380. The van der Waals surface area contributed by atoms with Crippen molar-refractivity contribution in [3.05, 3.63) is 40.8 Å². The highest BCUT2D eigenvalue weighted by Gasteiger charge is 2.09. The van der Waals surface area contributed by atoms with Crippen LogP contribution in [0.5, 0.6) is 0 Å². The van der Waals surface area contributed by atoms with Crippen molar-refractivity contribution in [3.8, 4) is 0 Å². The number of nitrogens with one attached hydrogen (secondary N) is 1. The molecule has 0 amide bonds. The van der Waals surface area contributed by atoms with E-state index in [0.717, 1.165) is 30.7 Å². The Bertz CT molecular complexity index is 295. The molecular formula is C11H14BrN2. The van der Waals surface area contributed by atoms with Crippen molar-refractivity contribution < 1.29 is 0 Å². The van der Waals surface area contributed by atoms with Crippen LogP contribution in [0.2, 0.25) is 0 Å². The summed E-state index contributed by atoms with van der Waals surface area (Å²) in [4.78, 5) is 2.43. The number of benzene rings is 1. The number of rotatable bonds is 2. The zero-order valence-corrected chi connectivity index (χ0v) is 9.63. The lowest BCUT2D eigenvalue weighted by molar-refractivity contribution is 0.255. The van der Waals surface area contributed by atoms with E-state index in [0.29, 0.717) is 0 Å². The summed E-state index contributed by atoms with van der Waals surface area (Å²) in [5.41, 5.74) is 1.37. The average Bonchev–Trinajstić information content (AvgIpc) is 2.19. The number of halogens is 1. The summed E-state index contributed by atoms with van der Waals surface area (Å²) in [7, 11) is 0. The maximum absolute atomic E-state index is 3.49. The molecule has 1 N–H and O–H groups in total. The number of hydrogen-bond donors (Lipinski definition) is 1. The van der Waals surface area contributed by atoms with Gasteiger partial charge in [0.15, 0.2) is 0 Å². The molecular weight excluding hydrogens is 240 g/mol. The van der Waals surface area contributed by atoms with Gasteiger partial charge in [-0.2, -0.15) is 0 Å². The molecule has 1 aliphatic heterocycles. The van der Waals surface area contributed by atoms with Crippen molar-refractivity contribution in [2.75, 3.05) is 19.6 Å². The van der Waals surface area contributed by atoms with Gasteiger partial charge < -0.3 is 5.32 Å². The minimum atomic E-state index is 1.03. The van der Waals surface area contributed by atoms with Crippen LogP contribution in [0, 0.1) is 6.54 Å². The summed E-state index contributed by atoms with van der Waals surface area (Å²) in [6, 6.07) is 8.51. The van der Waals surface area contributed by atoms with Crippen LogP contribution in [-0.2, 0) is 6.54 Å². The van der Waals surface area contributed by atoms with Gasteiger partial charge in [0, 0.05) is 37.2 Å². The smallest absolute Gasteiger partial charge is 0.0362 e. The number of piperazine rings is 1. The summed E-state index contributed by atoms with van der Waals surface area (Å²) >= 11 is 3.49. The van der Waals surface area contributed by atoms with Crippen molar-refractivity contribution in [2.45, 2.75) is 6.54 Å². The molecule has 75 valence electrons. The van der Waals surface area contributed by atoms with E-state index in [1.54, 1.807) is 0 Å².